The van der Waals surface area contributed by atoms with Gasteiger partial charge in [0.05, 0.1) is 0 Å². The van der Waals surface area contributed by atoms with Crippen LogP contribution in [-0.2, 0) is 7.05 Å². The molecule has 18 heavy (non-hydrogen) atoms. The number of hydrogen-bond donors (Lipinski definition) is 0. The Kier molecular flexibility index (Phi) is 3.38. The second kappa shape index (κ2) is 4.81. The first-order chi connectivity index (χ1) is 8.49. The average Bonchev–Trinajstić information content (AvgIpc) is 2.66. The Morgan fingerprint density at radius 2 is 2.06 bits per heavy atom. The van der Waals surface area contributed by atoms with Gasteiger partial charge < -0.3 is 14.7 Å². The summed E-state index contributed by atoms with van der Waals surface area (Å²) in [5, 5.41) is 11.4. The van der Waals surface area contributed by atoms with Crippen molar-refractivity contribution in [1.29, 1.82) is 0 Å². The average molecular weight is 263 g/mol. The molecular weight excluding hydrogens is 250 g/mol. The van der Waals surface area contributed by atoms with Gasteiger partial charge in [-0.15, -0.1) is 0 Å². The molecule has 0 unspecified atom stereocenters. The molecule has 1 aromatic carbocycles. The maximum atomic E-state index is 10.9. The molecule has 5 nitrogen and oxygen atoms in total. The van der Waals surface area contributed by atoms with Crippen LogP contribution in [0.1, 0.15) is 11.1 Å². The number of imidazole rings is 1. The Balaban J connectivity index is 2.36. The topological polar surface area (TPSA) is 61.0 Å². The van der Waals surface area contributed by atoms with E-state index in [2.05, 4.69) is 4.98 Å². The molecule has 0 bridgehead atoms. The maximum Gasteiger partial charge on any atom is 0.396 e. The van der Waals surface area contributed by atoms with Crippen LogP contribution in [0.4, 0.5) is 5.82 Å². The van der Waals surface area contributed by atoms with Crippen LogP contribution < -0.4 is 0 Å². The van der Waals surface area contributed by atoms with Gasteiger partial charge in [0, 0.05) is 11.9 Å². The fourth-order valence-electron chi connectivity index (χ4n) is 1.54. The van der Waals surface area contributed by atoms with Crippen LogP contribution in [0.5, 0.6) is 0 Å². The number of nitrogens with zero attached hydrogens (tertiary/aromatic N) is 3. The third-order valence-electron chi connectivity index (χ3n) is 2.73. The summed E-state index contributed by atoms with van der Waals surface area (Å²) in [6, 6.07) is 6.00. The van der Waals surface area contributed by atoms with Crippen molar-refractivity contribution in [2.45, 2.75) is 23.8 Å². The van der Waals surface area contributed by atoms with Crippen LogP contribution in [0.25, 0.3) is 0 Å². The van der Waals surface area contributed by atoms with Crippen molar-refractivity contribution in [2.75, 3.05) is 0 Å². The van der Waals surface area contributed by atoms with Crippen LogP contribution >= 0.6 is 11.8 Å². The molecule has 1 heterocycles. The molecule has 0 aliphatic heterocycles. The molecular formula is C12H13N3O2S. The number of nitro groups is 1. The summed E-state index contributed by atoms with van der Waals surface area (Å²) < 4.78 is 1.66. The van der Waals surface area contributed by atoms with Gasteiger partial charge in [-0.3, -0.25) is 0 Å². The molecule has 0 spiro atoms. The van der Waals surface area contributed by atoms with Gasteiger partial charge in [-0.25, -0.2) is 0 Å². The molecule has 0 saturated heterocycles. The quantitative estimate of drug-likeness (QED) is 0.630. The van der Waals surface area contributed by atoms with Crippen molar-refractivity contribution in [1.82, 2.24) is 9.55 Å². The third kappa shape index (κ3) is 2.38. The molecule has 0 aliphatic rings. The number of aryl methyl sites for hydroxylation is 3. The molecule has 0 N–H and O–H groups in total. The van der Waals surface area contributed by atoms with Crippen LogP contribution in [0, 0.1) is 24.0 Å². The summed E-state index contributed by atoms with van der Waals surface area (Å²) in [5.74, 6) is -0.0965. The van der Waals surface area contributed by atoms with E-state index in [0.717, 1.165) is 4.90 Å². The zero-order valence-electron chi connectivity index (χ0n) is 10.4. The van der Waals surface area contributed by atoms with Gasteiger partial charge in [0.1, 0.15) is 0 Å². The fraction of sp³-hybridized carbons (Fsp3) is 0.250. The van der Waals surface area contributed by atoms with E-state index < -0.39 is 4.92 Å². The van der Waals surface area contributed by atoms with Crippen molar-refractivity contribution in [2.24, 2.45) is 7.05 Å². The van der Waals surface area contributed by atoms with Crippen LogP contribution in [0.15, 0.2) is 34.4 Å². The molecule has 94 valence electrons. The van der Waals surface area contributed by atoms with E-state index in [-0.39, 0.29) is 5.82 Å². The summed E-state index contributed by atoms with van der Waals surface area (Å²) in [6.45, 7) is 4.06. The Bertz CT molecular complexity index is 607. The molecule has 0 radical (unpaired) electrons. The van der Waals surface area contributed by atoms with Gasteiger partial charge in [-0.05, 0) is 47.0 Å². The molecule has 0 atom stereocenters. The lowest BCUT2D eigenvalue weighted by molar-refractivity contribution is -0.392. The first-order valence-electron chi connectivity index (χ1n) is 5.40. The van der Waals surface area contributed by atoms with Crippen LogP contribution in [0.2, 0.25) is 0 Å². The van der Waals surface area contributed by atoms with Gasteiger partial charge in [0.15, 0.2) is 5.03 Å². The van der Waals surface area contributed by atoms with E-state index >= 15 is 0 Å². The normalized spacial score (nSPS) is 10.6. The van der Waals surface area contributed by atoms with E-state index in [1.54, 1.807) is 11.6 Å². The highest BCUT2D eigenvalue weighted by Crippen LogP contribution is 2.34. The molecule has 0 saturated carbocycles. The minimum Gasteiger partial charge on any atom is -0.358 e. The molecule has 6 heteroatoms. The number of aromatic nitrogens is 2. The predicted molar refractivity (Wildman–Crippen MR) is 69.9 cm³/mol. The van der Waals surface area contributed by atoms with Gasteiger partial charge in [-0.2, -0.15) is 0 Å². The highest BCUT2D eigenvalue weighted by Gasteiger charge is 2.20. The van der Waals surface area contributed by atoms with Crippen molar-refractivity contribution in [3.05, 3.63) is 45.8 Å². The van der Waals surface area contributed by atoms with E-state index in [4.69, 9.17) is 0 Å². The van der Waals surface area contributed by atoms with E-state index in [0.29, 0.717) is 5.03 Å². The van der Waals surface area contributed by atoms with Gasteiger partial charge in [0.2, 0.25) is 6.33 Å². The van der Waals surface area contributed by atoms with Crippen LogP contribution in [-0.4, -0.2) is 14.5 Å². The lowest BCUT2D eigenvalue weighted by Crippen LogP contribution is -1.93. The SMILES string of the molecule is Cc1ccc(Sc2c([N+](=O)[O-])ncn2C)cc1C. The minimum absolute atomic E-state index is 0.0965. The third-order valence-corrected chi connectivity index (χ3v) is 3.88. The zero-order chi connectivity index (χ0) is 13.3. The second-order valence-electron chi connectivity index (χ2n) is 4.09. The summed E-state index contributed by atoms with van der Waals surface area (Å²) in [5.41, 5.74) is 2.38. The lowest BCUT2D eigenvalue weighted by Gasteiger charge is -2.05. The first kappa shape index (κ1) is 12.6. The van der Waals surface area contributed by atoms with Crippen LogP contribution in [0.3, 0.4) is 0 Å². The van der Waals surface area contributed by atoms with Gasteiger partial charge in [-0.1, -0.05) is 17.8 Å². The highest BCUT2D eigenvalue weighted by molar-refractivity contribution is 7.99. The van der Waals surface area contributed by atoms with Crippen molar-refractivity contribution in [3.63, 3.8) is 0 Å². The standard InChI is InChI=1S/C12H13N3O2S/c1-8-4-5-10(6-9(8)2)18-12-11(15(16)17)13-7-14(12)3/h4-7H,1-3H3. The molecule has 2 rings (SSSR count). The minimum atomic E-state index is -0.455. The molecule has 0 fully saturated rings. The molecule has 1 aromatic heterocycles. The molecule has 0 amide bonds. The maximum absolute atomic E-state index is 10.9. The largest absolute Gasteiger partial charge is 0.396 e. The Labute approximate surface area is 109 Å². The number of hydrogen-bond acceptors (Lipinski definition) is 4. The summed E-state index contributed by atoms with van der Waals surface area (Å²) in [7, 11) is 1.75. The lowest BCUT2D eigenvalue weighted by atomic mass is 10.1. The van der Waals surface area contributed by atoms with E-state index in [1.807, 2.05) is 32.0 Å². The van der Waals surface area contributed by atoms with E-state index in [1.165, 1.54) is 29.2 Å². The van der Waals surface area contributed by atoms with Crippen molar-refractivity contribution in [3.8, 4) is 0 Å². The monoisotopic (exact) mass is 263 g/mol. The number of benzene rings is 1. The summed E-state index contributed by atoms with van der Waals surface area (Å²) in [4.78, 5) is 15.2. The second-order valence-corrected chi connectivity index (χ2v) is 5.15. The Morgan fingerprint density at radius 1 is 1.33 bits per heavy atom. The van der Waals surface area contributed by atoms with Gasteiger partial charge >= 0.3 is 5.82 Å². The summed E-state index contributed by atoms with van der Waals surface area (Å²) >= 11 is 1.36. The van der Waals surface area contributed by atoms with Crippen molar-refractivity contribution >= 4 is 17.6 Å². The number of rotatable bonds is 3. The summed E-state index contributed by atoms with van der Waals surface area (Å²) in [6.07, 6.45) is 1.46. The van der Waals surface area contributed by atoms with Crippen molar-refractivity contribution < 1.29 is 4.92 Å². The molecule has 0 aliphatic carbocycles. The smallest absolute Gasteiger partial charge is 0.358 e. The predicted octanol–water partition coefficient (Wildman–Crippen LogP) is 3.10. The fourth-order valence-corrected chi connectivity index (χ4v) is 2.54. The first-order valence-corrected chi connectivity index (χ1v) is 6.21. The highest BCUT2D eigenvalue weighted by atomic mass is 32.2. The zero-order valence-corrected chi connectivity index (χ0v) is 11.2. The molecule has 2 aromatic rings. The Hall–Kier alpha value is -1.82. The van der Waals surface area contributed by atoms with E-state index in [9.17, 15) is 10.1 Å². The van der Waals surface area contributed by atoms with Gasteiger partial charge in [0.25, 0.3) is 0 Å². The Morgan fingerprint density at radius 3 is 2.67 bits per heavy atom.